The second-order valence-electron chi connectivity index (χ2n) is 5.46. The molecule has 1 aliphatic rings. The molecule has 1 unspecified atom stereocenters. The molecule has 1 atom stereocenters. The van der Waals surface area contributed by atoms with Crippen LogP contribution in [0, 0.1) is 0 Å². The van der Waals surface area contributed by atoms with Gasteiger partial charge in [0, 0.05) is 19.6 Å². The van der Waals surface area contributed by atoms with E-state index in [1.807, 2.05) is 6.07 Å². The topological polar surface area (TPSA) is 88.8 Å². The standard InChI is InChI=1S/C15H20N4O3S2/c1-3-18(4-2)15-17-13-10(24-15)7-11(23-13)14(21)19-5-6-22-9(8-19)12(16)20/h7,9H,3-6,8H2,1-2H3,(H2,16,20). The van der Waals surface area contributed by atoms with E-state index in [9.17, 15) is 9.59 Å². The number of anilines is 1. The number of morpholine rings is 1. The van der Waals surface area contributed by atoms with Crippen molar-refractivity contribution in [1.29, 1.82) is 0 Å². The Balaban J connectivity index is 1.78. The normalized spacial score (nSPS) is 18.1. The van der Waals surface area contributed by atoms with Crippen LogP contribution in [-0.2, 0) is 9.53 Å². The van der Waals surface area contributed by atoms with E-state index in [4.69, 9.17) is 10.5 Å². The van der Waals surface area contributed by atoms with Crippen LogP contribution in [0.1, 0.15) is 23.5 Å². The van der Waals surface area contributed by atoms with Gasteiger partial charge in [0.25, 0.3) is 5.91 Å². The summed E-state index contributed by atoms with van der Waals surface area (Å²) in [6, 6.07) is 1.89. The second kappa shape index (κ2) is 7.04. The Morgan fingerprint density at radius 3 is 2.79 bits per heavy atom. The molecule has 2 aromatic heterocycles. The Morgan fingerprint density at radius 2 is 2.17 bits per heavy atom. The van der Waals surface area contributed by atoms with Crippen LogP contribution in [-0.4, -0.2) is 60.6 Å². The zero-order valence-corrected chi connectivity index (χ0v) is 15.3. The number of hydrogen-bond acceptors (Lipinski definition) is 7. The van der Waals surface area contributed by atoms with Gasteiger partial charge in [0.05, 0.1) is 22.7 Å². The molecule has 2 N–H and O–H groups in total. The Labute approximate surface area is 148 Å². The number of rotatable bonds is 5. The Bertz CT molecular complexity index is 722. The van der Waals surface area contributed by atoms with E-state index < -0.39 is 12.0 Å². The first-order chi connectivity index (χ1) is 11.5. The number of carbonyl (C=O) groups excluding carboxylic acids is 2. The lowest BCUT2D eigenvalue weighted by atomic mass is 10.2. The first-order valence-electron chi connectivity index (χ1n) is 7.89. The number of hydrogen-bond donors (Lipinski definition) is 1. The largest absolute Gasteiger partial charge is 0.367 e. The molecule has 7 nitrogen and oxygen atoms in total. The van der Waals surface area contributed by atoms with Crippen molar-refractivity contribution in [2.24, 2.45) is 5.73 Å². The summed E-state index contributed by atoms with van der Waals surface area (Å²) in [6.07, 6.45) is -0.726. The number of thiophene rings is 1. The molecular formula is C15H20N4O3S2. The maximum atomic E-state index is 12.7. The van der Waals surface area contributed by atoms with Gasteiger partial charge in [-0.15, -0.1) is 11.3 Å². The van der Waals surface area contributed by atoms with Crippen LogP contribution in [0.3, 0.4) is 0 Å². The van der Waals surface area contributed by atoms with Crippen molar-refractivity contribution in [3.05, 3.63) is 10.9 Å². The molecule has 1 aliphatic heterocycles. The molecule has 0 spiro atoms. The molecule has 0 aromatic carbocycles. The Kier molecular flexibility index (Phi) is 5.02. The monoisotopic (exact) mass is 368 g/mol. The summed E-state index contributed by atoms with van der Waals surface area (Å²) in [5, 5.41) is 0.986. The van der Waals surface area contributed by atoms with Crippen LogP contribution in [0.15, 0.2) is 6.07 Å². The third kappa shape index (κ3) is 3.24. The van der Waals surface area contributed by atoms with Gasteiger partial charge >= 0.3 is 0 Å². The van der Waals surface area contributed by atoms with Gasteiger partial charge < -0.3 is 20.3 Å². The van der Waals surface area contributed by atoms with E-state index in [2.05, 4.69) is 23.7 Å². The third-order valence-electron chi connectivity index (χ3n) is 3.99. The van der Waals surface area contributed by atoms with Crippen molar-refractivity contribution in [1.82, 2.24) is 9.88 Å². The highest BCUT2D eigenvalue weighted by Crippen LogP contribution is 2.35. The summed E-state index contributed by atoms with van der Waals surface area (Å²) >= 11 is 2.99. The molecule has 130 valence electrons. The molecule has 0 bridgehead atoms. The molecule has 1 saturated heterocycles. The third-order valence-corrected chi connectivity index (χ3v) is 6.20. The lowest BCUT2D eigenvalue weighted by Crippen LogP contribution is -2.50. The van der Waals surface area contributed by atoms with Crippen molar-refractivity contribution in [2.75, 3.05) is 37.7 Å². The van der Waals surface area contributed by atoms with E-state index in [0.717, 1.165) is 27.8 Å². The summed E-state index contributed by atoms with van der Waals surface area (Å²) in [6.45, 7) is 7.01. The molecule has 0 radical (unpaired) electrons. The Hall–Kier alpha value is -1.71. The van der Waals surface area contributed by atoms with Crippen LogP contribution in [0.2, 0.25) is 0 Å². The summed E-state index contributed by atoms with van der Waals surface area (Å²) in [4.78, 5) is 33.9. The fourth-order valence-corrected chi connectivity index (χ4v) is 4.93. The van der Waals surface area contributed by atoms with Crippen molar-refractivity contribution in [2.45, 2.75) is 20.0 Å². The number of carbonyl (C=O) groups is 2. The smallest absolute Gasteiger partial charge is 0.264 e. The molecule has 3 heterocycles. The number of amides is 2. The summed E-state index contributed by atoms with van der Waals surface area (Å²) in [5.74, 6) is -0.630. The van der Waals surface area contributed by atoms with Crippen LogP contribution < -0.4 is 10.6 Å². The molecule has 9 heteroatoms. The van der Waals surface area contributed by atoms with Crippen molar-refractivity contribution in [3.63, 3.8) is 0 Å². The van der Waals surface area contributed by atoms with E-state index >= 15 is 0 Å². The number of ether oxygens (including phenoxy) is 1. The van der Waals surface area contributed by atoms with E-state index in [0.29, 0.717) is 18.0 Å². The van der Waals surface area contributed by atoms with Crippen LogP contribution in [0.4, 0.5) is 5.13 Å². The maximum Gasteiger partial charge on any atom is 0.264 e. The van der Waals surface area contributed by atoms with E-state index in [1.54, 1.807) is 16.2 Å². The van der Waals surface area contributed by atoms with Crippen LogP contribution in [0.25, 0.3) is 9.53 Å². The lowest BCUT2D eigenvalue weighted by molar-refractivity contribution is -0.133. The highest BCUT2D eigenvalue weighted by molar-refractivity contribution is 7.29. The molecule has 0 saturated carbocycles. The van der Waals surface area contributed by atoms with Gasteiger partial charge in [-0.1, -0.05) is 11.3 Å². The minimum atomic E-state index is -0.726. The van der Waals surface area contributed by atoms with Gasteiger partial charge in [-0.2, -0.15) is 0 Å². The minimum Gasteiger partial charge on any atom is -0.367 e. The maximum absolute atomic E-state index is 12.7. The van der Waals surface area contributed by atoms with Crippen LogP contribution in [0.5, 0.6) is 0 Å². The highest BCUT2D eigenvalue weighted by atomic mass is 32.1. The first-order valence-corrected chi connectivity index (χ1v) is 9.52. The number of nitrogens with zero attached hydrogens (tertiary/aromatic N) is 3. The highest BCUT2D eigenvalue weighted by Gasteiger charge is 2.29. The van der Waals surface area contributed by atoms with Gasteiger partial charge in [0.2, 0.25) is 5.91 Å². The summed E-state index contributed by atoms with van der Waals surface area (Å²) < 4.78 is 6.30. The van der Waals surface area contributed by atoms with E-state index in [-0.39, 0.29) is 12.5 Å². The van der Waals surface area contributed by atoms with Crippen LogP contribution >= 0.6 is 22.7 Å². The van der Waals surface area contributed by atoms with Crippen molar-refractivity contribution < 1.29 is 14.3 Å². The number of fused-ring (bicyclic) bond motifs is 1. The molecule has 2 aromatic rings. The quantitative estimate of drug-likeness (QED) is 0.865. The predicted octanol–water partition coefficient (Wildman–Crippen LogP) is 1.53. The number of aromatic nitrogens is 1. The SMILES string of the molecule is CCN(CC)c1nc2sc(C(=O)N3CCOC(C(N)=O)C3)cc2s1. The Morgan fingerprint density at radius 1 is 1.42 bits per heavy atom. The lowest BCUT2D eigenvalue weighted by Gasteiger charge is -2.31. The second-order valence-corrected chi connectivity index (χ2v) is 7.50. The average molecular weight is 368 g/mol. The minimum absolute atomic E-state index is 0.0934. The van der Waals surface area contributed by atoms with Crippen molar-refractivity contribution >= 4 is 49.1 Å². The zero-order chi connectivity index (χ0) is 17.3. The molecule has 3 rings (SSSR count). The number of nitrogens with two attached hydrogens (primary N) is 1. The average Bonchev–Trinajstić information content (AvgIpc) is 3.14. The number of thiazole rings is 1. The van der Waals surface area contributed by atoms with E-state index in [1.165, 1.54) is 11.3 Å². The fraction of sp³-hybridized carbons (Fsp3) is 0.533. The van der Waals surface area contributed by atoms with Gasteiger partial charge in [-0.05, 0) is 19.9 Å². The molecule has 2 amide bonds. The number of primary amides is 1. The molecule has 1 fully saturated rings. The molecular weight excluding hydrogens is 348 g/mol. The van der Waals surface area contributed by atoms with Gasteiger partial charge in [-0.3, -0.25) is 9.59 Å². The fourth-order valence-electron chi connectivity index (χ4n) is 2.62. The van der Waals surface area contributed by atoms with Gasteiger partial charge in [0.15, 0.2) is 11.2 Å². The van der Waals surface area contributed by atoms with Gasteiger partial charge in [-0.25, -0.2) is 4.98 Å². The summed E-state index contributed by atoms with van der Waals surface area (Å²) in [7, 11) is 0. The molecule has 0 aliphatic carbocycles. The summed E-state index contributed by atoms with van der Waals surface area (Å²) in [5.41, 5.74) is 5.27. The van der Waals surface area contributed by atoms with Gasteiger partial charge in [0.1, 0.15) is 4.83 Å². The zero-order valence-electron chi connectivity index (χ0n) is 13.7. The van der Waals surface area contributed by atoms with Crippen molar-refractivity contribution in [3.8, 4) is 0 Å². The first kappa shape index (κ1) is 17.1. The predicted molar refractivity (Wildman–Crippen MR) is 95.9 cm³/mol. The molecule has 24 heavy (non-hydrogen) atoms.